The third kappa shape index (κ3) is 6.34. The molecule has 0 radical (unpaired) electrons. The summed E-state index contributed by atoms with van der Waals surface area (Å²) in [7, 11) is 1.87. The number of hydrogen-bond acceptors (Lipinski definition) is 2. The number of halogens is 3. The largest absolute Gasteiger partial charge is 0.416 e. The third-order valence-electron chi connectivity index (χ3n) is 6.95. The first-order chi connectivity index (χ1) is 16.8. The summed E-state index contributed by atoms with van der Waals surface area (Å²) in [6, 6.07) is 22.4. The van der Waals surface area contributed by atoms with Gasteiger partial charge in [0.05, 0.1) is 11.6 Å². The van der Waals surface area contributed by atoms with Crippen LogP contribution in [0.3, 0.4) is 0 Å². The minimum Gasteiger partial charge on any atom is -0.390 e. The van der Waals surface area contributed by atoms with Gasteiger partial charge in [-0.05, 0) is 78.5 Å². The number of nitrogens with one attached hydrogen (secondary N) is 2. The van der Waals surface area contributed by atoms with Gasteiger partial charge in [0.1, 0.15) is 0 Å². The molecule has 0 heterocycles. The van der Waals surface area contributed by atoms with Crippen molar-refractivity contribution in [3.63, 3.8) is 0 Å². The van der Waals surface area contributed by atoms with E-state index < -0.39 is 11.7 Å². The molecular formula is C30H33F3N2. The van der Waals surface area contributed by atoms with Gasteiger partial charge in [0.25, 0.3) is 0 Å². The van der Waals surface area contributed by atoms with E-state index >= 15 is 0 Å². The Hall–Kier alpha value is -3.05. The van der Waals surface area contributed by atoms with Gasteiger partial charge in [-0.3, -0.25) is 5.32 Å². The number of benzene rings is 3. The van der Waals surface area contributed by atoms with E-state index in [4.69, 9.17) is 0 Å². The van der Waals surface area contributed by atoms with Gasteiger partial charge in [-0.2, -0.15) is 13.2 Å². The zero-order chi connectivity index (χ0) is 24.8. The molecule has 35 heavy (non-hydrogen) atoms. The highest BCUT2D eigenvalue weighted by molar-refractivity contribution is 5.36. The second kappa shape index (κ2) is 11.1. The first-order valence-electron chi connectivity index (χ1n) is 12.3. The maximum atomic E-state index is 13.0. The summed E-state index contributed by atoms with van der Waals surface area (Å²) in [6.45, 7) is 4.24. The molecule has 1 aliphatic carbocycles. The number of aryl methyl sites for hydroxylation is 3. The molecule has 1 aliphatic rings. The summed E-state index contributed by atoms with van der Waals surface area (Å²) < 4.78 is 38.9. The topological polar surface area (TPSA) is 24.1 Å². The van der Waals surface area contributed by atoms with Crippen molar-refractivity contribution in [2.45, 2.75) is 56.8 Å². The Morgan fingerprint density at radius 3 is 2.23 bits per heavy atom. The molecule has 2 nitrogen and oxygen atoms in total. The average Bonchev–Trinajstić information content (AvgIpc) is 2.88. The molecule has 0 saturated heterocycles. The molecule has 3 aromatic rings. The van der Waals surface area contributed by atoms with Crippen LogP contribution in [0.1, 0.15) is 64.7 Å². The van der Waals surface area contributed by atoms with Crippen LogP contribution in [0.25, 0.3) is 0 Å². The van der Waals surface area contributed by atoms with Crippen molar-refractivity contribution < 1.29 is 13.2 Å². The van der Waals surface area contributed by atoms with Crippen molar-refractivity contribution >= 4 is 0 Å². The minimum atomic E-state index is -4.32. The zero-order valence-electron chi connectivity index (χ0n) is 20.2. The summed E-state index contributed by atoms with van der Waals surface area (Å²) in [4.78, 5) is 0. The summed E-state index contributed by atoms with van der Waals surface area (Å²) in [5.74, 6) is 0. The highest BCUT2D eigenvalue weighted by Crippen LogP contribution is 2.32. The smallest absolute Gasteiger partial charge is 0.390 e. The molecule has 2 N–H and O–H groups in total. The lowest BCUT2D eigenvalue weighted by Gasteiger charge is -2.29. The summed E-state index contributed by atoms with van der Waals surface area (Å²) in [5, 5.41) is 7.01. The Labute approximate surface area is 206 Å². The van der Waals surface area contributed by atoms with E-state index in [9.17, 15) is 13.2 Å². The molecule has 3 aromatic carbocycles. The van der Waals surface area contributed by atoms with E-state index in [0.717, 1.165) is 36.1 Å². The Balaban J connectivity index is 1.60. The van der Waals surface area contributed by atoms with Gasteiger partial charge in [0.2, 0.25) is 0 Å². The Morgan fingerprint density at radius 2 is 1.57 bits per heavy atom. The van der Waals surface area contributed by atoms with Crippen LogP contribution in [0.2, 0.25) is 0 Å². The lowest BCUT2D eigenvalue weighted by Crippen LogP contribution is -2.31. The molecule has 0 unspecified atom stereocenters. The molecule has 5 heteroatoms. The van der Waals surface area contributed by atoms with Crippen molar-refractivity contribution in [2.24, 2.45) is 0 Å². The molecule has 0 bridgehead atoms. The summed E-state index contributed by atoms with van der Waals surface area (Å²) in [5.41, 5.74) is 6.33. The van der Waals surface area contributed by atoms with Crippen LogP contribution in [0.4, 0.5) is 13.2 Å². The summed E-state index contributed by atoms with van der Waals surface area (Å²) >= 11 is 0. The van der Waals surface area contributed by atoms with Crippen molar-refractivity contribution in [3.8, 4) is 0 Å². The number of hydrogen-bond donors (Lipinski definition) is 2. The highest BCUT2D eigenvalue weighted by atomic mass is 19.4. The van der Waals surface area contributed by atoms with Crippen LogP contribution >= 0.6 is 0 Å². The lowest BCUT2D eigenvalue weighted by molar-refractivity contribution is -0.137. The van der Waals surface area contributed by atoms with Crippen LogP contribution in [0.15, 0.2) is 85.1 Å². The predicted molar refractivity (Wildman–Crippen MR) is 136 cm³/mol. The van der Waals surface area contributed by atoms with E-state index in [1.54, 1.807) is 12.1 Å². The Kier molecular flexibility index (Phi) is 7.97. The average molecular weight is 479 g/mol. The molecule has 0 spiro atoms. The third-order valence-corrected chi connectivity index (χ3v) is 6.95. The first kappa shape index (κ1) is 25.1. The van der Waals surface area contributed by atoms with Gasteiger partial charge in [0.15, 0.2) is 0 Å². The van der Waals surface area contributed by atoms with Crippen molar-refractivity contribution in [2.75, 3.05) is 7.05 Å². The maximum Gasteiger partial charge on any atom is 0.416 e. The zero-order valence-corrected chi connectivity index (χ0v) is 20.2. The molecule has 0 amide bonds. The second-order valence-corrected chi connectivity index (χ2v) is 9.31. The maximum absolute atomic E-state index is 13.0. The number of fused-ring (bicyclic) bond motifs is 1. The molecule has 0 fully saturated rings. The molecule has 0 aliphatic heterocycles. The molecule has 4 rings (SSSR count). The van der Waals surface area contributed by atoms with E-state index in [1.807, 2.05) is 25.2 Å². The fourth-order valence-corrected chi connectivity index (χ4v) is 4.88. The second-order valence-electron chi connectivity index (χ2n) is 9.31. The van der Waals surface area contributed by atoms with Crippen molar-refractivity contribution in [3.05, 3.63) is 118 Å². The monoisotopic (exact) mass is 478 g/mol. The first-order valence-corrected chi connectivity index (χ1v) is 12.3. The van der Waals surface area contributed by atoms with E-state index in [2.05, 4.69) is 47.5 Å². The molecular weight excluding hydrogens is 445 g/mol. The fourth-order valence-electron chi connectivity index (χ4n) is 4.88. The van der Waals surface area contributed by atoms with Crippen LogP contribution in [-0.2, 0) is 25.4 Å². The molecule has 0 saturated carbocycles. The predicted octanol–water partition coefficient (Wildman–Crippen LogP) is 7.32. The van der Waals surface area contributed by atoms with Gasteiger partial charge in [-0.15, -0.1) is 0 Å². The number of likely N-dealkylation sites (N-methyl/N-ethyl adjacent to an activating group) is 1. The van der Waals surface area contributed by atoms with Gasteiger partial charge in [0, 0.05) is 18.8 Å². The standard InChI is InChI=1S/C30H33F3N2/c1-21(34-2)29(24-9-4-3-5-10-24)35-28(26-16-15-23-8-6-7-11-25(23)20-26)19-14-22-12-17-27(18-13-22)30(31,32)33/h3-5,9-10,12-13,15-18,20,28-29,34-35H,1,6-8,11,14,19H2,2H3/t28-,29+/m0/s1. The Bertz CT molecular complexity index is 1120. The normalized spacial score (nSPS) is 15.2. The van der Waals surface area contributed by atoms with Crippen molar-refractivity contribution in [1.82, 2.24) is 10.6 Å². The van der Waals surface area contributed by atoms with Gasteiger partial charge < -0.3 is 5.32 Å². The number of alkyl halides is 3. The highest BCUT2D eigenvalue weighted by Gasteiger charge is 2.30. The van der Waals surface area contributed by atoms with E-state index in [1.165, 1.54) is 41.7 Å². The van der Waals surface area contributed by atoms with Crippen LogP contribution in [-0.4, -0.2) is 7.05 Å². The Morgan fingerprint density at radius 1 is 0.886 bits per heavy atom. The van der Waals surface area contributed by atoms with E-state index in [0.29, 0.717) is 6.42 Å². The fraction of sp³-hybridized carbons (Fsp3) is 0.333. The van der Waals surface area contributed by atoms with Crippen LogP contribution in [0.5, 0.6) is 0 Å². The quantitative estimate of drug-likeness (QED) is 0.337. The number of rotatable bonds is 9. The van der Waals surface area contributed by atoms with Crippen LogP contribution < -0.4 is 10.6 Å². The summed E-state index contributed by atoms with van der Waals surface area (Å²) in [6.07, 6.45) is 1.78. The molecule has 2 atom stereocenters. The SMILES string of the molecule is C=C(NC)[C@@H](N[C@@H](CCc1ccc(C(F)(F)F)cc1)c1ccc2c(c1)CCCC2)c1ccccc1. The van der Waals surface area contributed by atoms with Gasteiger partial charge in [-0.1, -0.05) is 67.2 Å². The van der Waals surface area contributed by atoms with Crippen LogP contribution in [0, 0.1) is 0 Å². The van der Waals surface area contributed by atoms with Gasteiger partial charge >= 0.3 is 6.18 Å². The lowest BCUT2D eigenvalue weighted by atomic mass is 9.87. The molecule has 0 aromatic heterocycles. The minimum absolute atomic E-state index is 0.0137. The van der Waals surface area contributed by atoms with Crippen molar-refractivity contribution in [1.29, 1.82) is 0 Å². The van der Waals surface area contributed by atoms with Gasteiger partial charge in [-0.25, -0.2) is 0 Å². The molecule has 184 valence electrons. The van der Waals surface area contributed by atoms with E-state index in [-0.39, 0.29) is 12.1 Å².